The average molecular weight is 520 g/mol. The molecule has 5 heteroatoms. The lowest BCUT2D eigenvalue weighted by Gasteiger charge is -2.58. The number of rotatable bonds is 1. The summed E-state index contributed by atoms with van der Waals surface area (Å²) in [5.74, 6) is 6.41. The second-order valence-corrected chi connectivity index (χ2v) is 14.2. The molecule has 3 saturated carbocycles. The van der Waals surface area contributed by atoms with Crippen LogP contribution in [0.1, 0.15) is 96.1 Å². The van der Waals surface area contributed by atoms with Gasteiger partial charge in [0.2, 0.25) is 0 Å². The van der Waals surface area contributed by atoms with Gasteiger partial charge in [-0.1, -0.05) is 50.3 Å². The fourth-order valence-electron chi connectivity index (χ4n) is 8.72. The van der Waals surface area contributed by atoms with Crippen LogP contribution < -0.4 is 5.73 Å². The predicted octanol–water partition coefficient (Wildman–Crippen LogP) is 5.04. The fourth-order valence-corrected chi connectivity index (χ4v) is 8.72. The molecular weight excluding hydrogens is 474 g/mol. The number of hydrogen-bond donors (Lipinski definition) is 3. The monoisotopic (exact) mass is 519 g/mol. The van der Waals surface area contributed by atoms with E-state index >= 15 is 0 Å². The van der Waals surface area contributed by atoms with Crippen LogP contribution >= 0.6 is 0 Å². The molecule has 1 aromatic rings. The summed E-state index contributed by atoms with van der Waals surface area (Å²) >= 11 is 0. The van der Waals surface area contributed by atoms with Crippen LogP contribution in [-0.2, 0) is 9.47 Å². The van der Waals surface area contributed by atoms with Crippen LogP contribution in [0.2, 0.25) is 0 Å². The molecule has 0 radical (unpaired) electrons. The Morgan fingerprint density at radius 1 is 0.974 bits per heavy atom. The number of hydrogen-bond acceptors (Lipinski definition) is 5. The maximum absolute atomic E-state index is 12.3. The highest BCUT2D eigenvalue weighted by Crippen LogP contribution is 2.67. The number of aliphatic hydroxyl groups is 2. The first-order valence-corrected chi connectivity index (χ1v) is 14.7. The van der Waals surface area contributed by atoms with E-state index in [0.717, 1.165) is 50.5 Å². The zero-order valence-corrected chi connectivity index (χ0v) is 23.6. The van der Waals surface area contributed by atoms with E-state index in [2.05, 4.69) is 63.8 Å². The molecule has 6 atom stereocenters. The summed E-state index contributed by atoms with van der Waals surface area (Å²) in [6, 6.07) is 8.60. The molecular formula is C33H45NO4. The molecule has 4 aliphatic carbocycles. The maximum Gasteiger partial charge on any atom is 0.171 e. The number of ether oxygens (including phenoxy) is 2. The summed E-state index contributed by atoms with van der Waals surface area (Å²) in [4.78, 5) is 0. The van der Waals surface area contributed by atoms with Gasteiger partial charge in [-0.2, -0.15) is 0 Å². The van der Waals surface area contributed by atoms with Gasteiger partial charge >= 0.3 is 0 Å². The van der Waals surface area contributed by atoms with Crippen molar-refractivity contribution >= 4 is 0 Å². The van der Waals surface area contributed by atoms with Crippen molar-refractivity contribution < 1.29 is 19.7 Å². The third kappa shape index (κ3) is 4.11. The normalized spacial score (nSPS) is 41.1. The van der Waals surface area contributed by atoms with Gasteiger partial charge in [0.15, 0.2) is 5.79 Å². The van der Waals surface area contributed by atoms with Crippen LogP contribution in [0.25, 0.3) is 0 Å². The van der Waals surface area contributed by atoms with Gasteiger partial charge in [-0.05, 0) is 80.6 Å². The van der Waals surface area contributed by atoms with E-state index in [1.54, 1.807) is 0 Å². The molecule has 3 unspecified atom stereocenters. The molecule has 38 heavy (non-hydrogen) atoms. The second-order valence-electron chi connectivity index (χ2n) is 14.2. The molecule has 5 aliphatic rings. The highest BCUT2D eigenvalue weighted by molar-refractivity contribution is 5.46. The van der Waals surface area contributed by atoms with E-state index in [-0.39, 0.29) is 16.7 Å². The minimum Gasteiger partial charge on any atom is -0.390 e. The lowest BCUT2D eigenvalue weighted by Crippen LogP contribution is -2.58. The van der Waals surface area contributed by atoms with Gasteiger partial charge in [0, 0.05) is 35.2 Å². The molecule has 1 aliphatic heterocycles. The van der Waals surface area contributed by atoms with E-state index in [0.29, 0.717) is 38.0 Å². The number of nitrogens with two attached hydrogens (primary N) is 1. The molecule has 1 saturated heterocycles. The Morgan fingerprint density at radius 3 is 2.37 bits per heavy atom. The molecule has 6 rings (SSSR count). The highest BCUT2D eigenvalue weighted by Gasteiger charge is 2.63. The topological polar surface area (TPSA) is 84.9 Å². The van der Waals surface area contributed by atoms with Crippen molar-refractivity contribution in [3.8, 4) is 11.8 Å². The van der Waals surface area contributed by atoms with Gasteiger partial charge in [-0.25, -0.2) is 0 Å². The van der Waals surface area contributed by atoms with Gasteiger partial charge in [0.25, 0.3) is 0 Å². The largest absolute Gasteiger partial charge is 0.390 e. The summed E-state index contributed by atoms with van der Waals surface area (Å²) < 4.78 is 12.8. The van der Waals surface area contributed by atoms with Crippen LogP contribution in [0, 0.1) is 34.5 Å². The summed E-state index contributed by atoms with van der Waals surface area (Å²) in [6.07, 6.45) is 6.59. The third-order valence-electron chi connectivity index (χ3n) is 11.1. The van der Waals surface area contributed by atoms with Crippen LogP contribution in [0.15, 0.2) is 35.4 Å². The quantitative estimate of drug-likeness (QED) is 0.358. The SMILES string of the molecule is CC1(C)COC2(CCC3=C4C(CC[C@@]3(O)C2)C2CC[C@](C)(O)C2(C)C[C@@H]4c2ccc(C#CCN)cc2)OC1. The molecule has 206 valence electrons. The molecule has 5 nitrogen and oxygen atoms in total. The summed E-state index contributed by atoms with van der Waals surface area (Å²) in [7, 11) is 0. The van der Waals surface area contributed by atoms with Crippen molar-refractivity contribution in [3.63, 3.8) is 0 Å². The van der Waals surface area contributed by atoms with Gasteiger partial charge in [0.1, 0.15) is 0 Å². The zero-order chi connectivity index (χ0) is 27.0. The summed E-state index contributed by atoms with van der Waals surface area (Å²) in [6.45, 7) is 10.4. The Kier molecular flexibility index (Phi) is 6.22. The number of benzene rings is 1. The van der Waals surface area contributed by atoms with Crippen LogP contribution in [-0.4, -0.2) is 47.0 Å². The predicted molar refractivity (Wildman–Crippen MR) is 148 cm³/mol. The molecule has 0 amide bonds. The molecule has 4 N–H and O–H groups in total. The van der Waals surface area contributed by atoms with E-state index in [9.17, 15) is 10.2 Å². The minimum absolute atomic E-state index is 0.00328. The molecule has 4 fully saturated rings. The Morgan fingerprint density at radius 2 is 1.68 bits per heavy atom. The Balaban J connectivity index is 1.41. The smallest absolute Gasteiger partial charge is 0.171 e. The lowest BCUT2D eigenvalue weighted by atomic mass is 9.50. The van der Waals surface area contributed by atoms with Gasteiger partial charge in [-0.3, -0.25) is 0 Å². The van der Waals surface area contributed by atoms with Gasteiger partial charge in [-0.15, -0.1) is 0 Å². The van der Waals surface area contributed by atoms with E-state index in [1.165, 1.54) is 16.7 Å². The first-order valence-electron chi connectivity index (χ1n) is 14.7. The van der Waals surface area contributed by atoms with Crippen LogP contribution in [0.3, 0.4) is 0 Å². The maximum atomic E-state index is 12.3. The Bertz CT molecular complexity index is 1180. The fraction of sp³-hybridized carbons (Fsp3) is 0.697. The van der Waals surface area contributed by atoms with E-state index in [1.807, 2.05) is 0 Å². The highest BCUT2D eigenvalue weighted by atomic mass is 16.7. The number of allylic oxidation sites excluding steroid dienone is 1. The van der Waals surface area contributed by atoms with E-state index < -0.39 is 17.0 Å². The first-order chi connectivity index (χ1) is 17.9. The summed E-state index contributed by atoms with van der Waals surface area (Å²) in [5.41, 5.74) is 8.76. The zero-order valence-electron chi connectivity index (χ0n) is 23.6. The Hall–Kier alpha value is -1.68. The van der Waals surface area contributed by atoms with Crippen LogP contribution in [0.5, 0.6) is 0 Å². The molecule has 1 spiro atoms. The lowest BCUT2D eigenvalue weighted by molar-refractivity contribution is -0.322. The van der Waals surface area contributed by atoms with Crippen molar-refractivity contribution in [3.05, 3.63) is 46.5 Å². The molecule has 0 bridgehead atoms. The van der Waals surface area contributed by atoms with Crippen LogP contribution in [0.4, 0.5) is 0 Å². The molecule has 1 heterocycles. The van der Waals surface area contributed by atoms with Crippen molar-refractivity contribution in [2.24, 2.45) is 28.4 Å². The number of fused-ring (bicyclic) bond motifs is 4. The van der Waals surface area contributed by atoms with E-state index in [4.69, 9.17) is 15.2 Å². The van der Waals surface area contributed by atoms with Crippen molar-refractivity contribution in [2.75, 3.05) is 19.8 Å². The van der Waals surface area contributed by atoms with Gasteiger partial charge in [0.05, 0.1) is 31.0 Å². The van der Waals surface area contributed by atoms with Crippen molar-refractivity contribution in [1.82, 2.24) is 0 Å². The standard InChI is InChI=1S/C33H45NO4/c1-29(2)20-37-33(38-21-29)16-13-27-28-24(11-15-32(27,36)19-33)26-12-14-31(4,35)30(26,3)18-25(28)23-9-7-22(8-10-23)6-5-17-34/h7-10,24-26,35-36H,11-21,34H2,1-4H3/t24?,25-,26?,30?,31+,32-/m1/s1. The van der Waals surface area contributed by atoms with Crippen molar-refractivity contribution in [2.45, 2.75) is 102 Å². The van der Waals surface area contributed by atoms with Crippen molar-refractivity contribution in [1.29, 1.82) is 0 Å². The second kappa shape index (κ2) is 8.91. The molecule has 1 aromatic carbocycles. The summed E-state index contributed by atoms with van der Waals surface area (Å²) in [5, 5.41) is 23.9. The Labute approximate surface area is 228 Å². The van der Waals surface area contributed by atoms with Gasteiger partial charge < -0.3 is 25.4 Å². The molecule has 0 aromatic heterocycles. The first kappa shape index (κ1) is 26.5. The third-order valence-corrected chi connectivity index (χ3v) is 11.1. The minimum atomic E-state index is -0.898. The average Bonchev–Trinajstić information content (AvgIpc) is 3.12.